The van der Waals surface area contributed by atoms with Crippen LogP contribution in [0.15, 0.2) is 69.9 Å². The van der Waals surface area contributed by atoms with Crippen LogP contribution in [0, 0.1) is 6.92 Å². The molecule has 0 saturated heterocycles. The minimum atomic E-state index is -0.581. The van der Waals surface area contributed by atoms with E-state index < -0.39 is 6.04 Å². The second-order valence-electron chi connectivity index (χ2n) is 8.54. The van der Waals surface area contributed by atoms with Gasteiger partial charge in [0.1, 0.15) is 17.1 Å². The van der Waals surface area contributed by atoms with Crippen molar-refractivity contribution in [3.05, 3.63) is 104 Å². The SMILES string of the molecule is COc1ccc(CCN2C(=O)c3oc4cc(C)c(Cl)cc4c(=O)c3[C@H]2c2ccc(OC)cc2)cc1. The highest BCUT2D eigenvalue weighted by atomic mass is 35.5. The molecule has 1 atom stereocenters. The fourth-order valence-corrected chi connectivity index (χ4v) is 4.71. The molecule has 1 aliphatic rings. The third-order valence-electron chi connectivity index (χ3n) is 6.48. The van der Waals surface area contributed by atoms with E-state index in [1.54, 1.807) is 31.3 Å². The molecular formula is C28H24ClNO5. The second-order valence-corrected chi connectivity index (χ2v) is 8.95. The van der Waals surface area contributed by atoms with Gasteiger partial charge in [-0.2, -0.15) is 0 Å². The first-order chi connectivity index (χ1) is 16.9. The van der Waals surface area contributed by atoms with E-state index in [9.17, 15) is 9.59 Å². The van der Waals surface area contributed by atoms with E-state index in [4.69, 9.17) is 25.5 Å². The van der Waals surface area contributed by atoms with Crippen LogP contribution in [-0.4, -0.2) is 31.6 Å². The number of carbonyl (C=O) groups excluding carboxylic acids is 1. The van der Waals surface area contributed by atoms with Gasteiger partial charge < -0.3 is 18.8 Å². The number of aryl methyl sites for hydroxylation is 1. The molecular weight excluding hydrogens is 466 g/mol. The lowest BCUT2D eigenvalue weighted by molar-refractivity contribution is 0.0730. The van der Waals surface area contributed by atoms with E-state index in [-0.39, 0.29) is 17.1 Å². The molecule has 0 radical (unpaired) electrons. The molecule has 1 amide bonds. The third kappa shape index (κ3) is 4.04. The molecule has 5 rings (SSSR count). The summed E-state index contributed by atoms with van der Waals surface area (Å²) >= 11 is 6.31. The third-order valence-corrected chi connectivity index (χ3v) is 6.89. The average Bonchev–Trinajstić information content (AvgIpc) is 3.16. The van der Waals surface area contributed by atoms with Gasteiger partial charge >= 0.3 is 0 Å². The maximum absolute atomic E-state index is 13.7. The van der Waals surface area contributed by atoms with Gasteiger partial charge in [-0.05, 0) is 66.4 Å². The van der Waals surface area contributed by atoms with E-state index in [1.807, 2.05) is 55.5 Å². The zero-order chi connectivity index (χ0) is 24.7. The number of ether oxygens (including phenoxy) is 2. The number of benzene rings is 3. The summed E-state index contributed by atoms with van der Waals surface area (Å²) < 4.78 is 16.6. The number of fused-ring (bicyclic) bond motifs is 2. The molecule has 6 nitrogen and oxygen atoms in total. The van der Waals surface area contributed by atoms with Crippen LogP contribution in [0.25, 0.3) is 11.0 Å². The van der Waals surface area contributed by atoms with Crippen molar-refractivity contribution in [3.8, 4) is 11.5 Å². The highest BCUT2D eigenvalue weighted by Crippen LogP contribution is 2.39. The van der Waals surface area contributed by atoms with Crippen LogP contribution in [0.2, 0.25) is 5.02 Å². The predicted octanol–water partition coefficient (Wildman–Crippen LogP) is 5.56. The van der Waals surface area contributed by atoms with E-state index >= 15 is 0 Å². The van der Waals surface area contributed by atoms with Crippen LogP contribution in [-0.2, 0) is 6.42 Å². The zero-order valence-corrected chi connectivity index (χ0v) is 20.4. The van der Waals surface area contributed by atoms with Gasteiger partial charge in [0.05, 0.1) is 31.2 Å². The minimum Gasteiger partial charge on any atom is -0.497 e. The van der Waals surface area contributed by atoms with Gasteiger partial charge in [-0.1, -0.05) is 35.9 Å². The number of hydrogen-bond donors (Lipinski definition) is 0. The van der Waals surface area contributed by atoms with Crippen molar-refractivity contribution in [1.82, 2.24) is 4.90 Å². The van der Waals surface area contributed by atoms with Crippen molar-refractivity contribution >= 4 is 28.5 Å². The Morgan fingerprint density at radius 1 is 0.943 bits per heavy atom. The summed E-state index contributed by atoms with van der Waals surface area (Å²) in [5.74, 6) is 1.24. The van der Waals surface area contributed by atoms with Gasteiger partial charge in [-0.25, -0.2) is 0 Å². The molecule has 1 aromatic heterocycles. The molecule has 0 saturated carbocycles. The van der Waals surface area contributed by atoms with Crippen LogP contribution in [0.4, 0.5) is 0 Å². The van der Waals surface area contributed by atoms with Crippen molar-refractivity contribution in [2.24, 2.45) is 0 Å². The molecule has 0 aliphatic carbocycles. The Morgan fingerprint density at radius 3 is 2.20 bits per heavy atom. The fraction of sp³-hybridized carbons (Fsp3) is 0.214. The predicted molar refractivity (Wildman–Crippen MR) is 135 cm³/mol. The van der Waals surface area contributed by atoms with Gasteiger partial charge in [0.2, 0.25) is 5.76 Å². The normalized spacial score (nSPS) is 14.9. The van der Waals surface area contributed by atoms with Crippen molar-refractivity contribution in [3.63, 3.8) is 0 Å². The molecule has 0 N–H and O–H groups in total. The van der Waals surface area contributed by atoms with E-state index in [2.05, 4.69) is 0 Å². The maximum atomic E-state index is 13.7. The highest BCUT2D eigenvalue weighted by molar-refractivity contribution is 6.32. The minimum absolute atomic E-state index is 0.0831. The first-order valence-electron chi connectivity index (χ1n) is 11.3. The number of methoxy groups -OCH3 is 2. The summed E-state index contributed by atoms with van der Waals surface area (Å²) in [4.78, 5) is 29.0. The van der Waals surface area contributed by atoms with E-state index in [1.165, 1.54) is 0 Å². The molecule has 35 heavy (non-hydrogen) atoms. The number of carbonyl (C=O) groups is 1. The summed E-state index contributed by atoms with van der Waals surface area (Å²) in [5, 5.41) is 0.842. The van der Waals surface area contributed by atoms with Crippen molar-refractivity contribution in [2.45, 2.75) is 19.4 Å². The summed E-state index contributed by atoms with van der Waals surface area (Å²) in [6.07, 6.45) is 0.606. The van der Waals surface area contributed by atoms with Crippen molar-refractivity contribution in [1.29, 1.82) is 0 Å². The number of halogens is 1. The lowest BCUT2D eigenvalue weighted by atomic mass is 9.98. The Bertz CT molecular complexity index is 1470. The lowest BCUT2D eigenvalue weighted by Gasteiger charge is -2.25. The molecule has 0 unspecified atom stereocenters. The molecule has 0 spiro atoms. The van der Waals surface area contributed by atoms with Crippen LogP contribution in [0.5, 0.6) is 11.5 Å². The Kier molecular flexibility index (Phi) is 5.99. The van der Waals surface area contributed by atoms with Crippen LogP contribution >= 0.6 is 11.6 Å². The van der Waals surface area contributed by atoms with Crippen molar-refractivity contribution < 1.29 is 18.7 Å². The fourth-order valence-electron chi connectivity index (χ4n) is 4.55. The van der Waals surface area contributed by atoms with Crippen LogP contribution < -0.4 is 14.9 Å². The molecule has 7 heteroatoms. The molecule has 2 heterocycles. The monoisotopic (exact) mass is 489 g/mol. The number of hydrogen-bond acceptors (Lipinski definition) is 5. The Labute approximate surface area is 207 Å². The smallest absolute Gasteiger partial charge is 0.290 e. The first-order valence-corrected chi connectivity index (χ1v) is 11.6. The first kappa shape index (κ1) is 23.0. The van der Waals surface area contributed by atoms with Gasteiger partial charge in [-0.15, -0.1) is 0 Å². The Balaban J connectivity index is 1.61. The lowest BCUT2D eigenvalue weighted by Crippen LogP contribution is -2.31. The number of amides is 1. The number of rotatable bonds is 6. The topological polar surface area (TPSA) is 69.0 Å². The summed E-state index contributed by atoms with van der Waals surface area (Å²) in [6.45, 7) is 2.24. The molecule has 178 valence electrons. The highest BCUT2D eigenvalue weighted by Gasteiger charge is 2.42. The van der Waals surface area contributed by atoms with Crippen LogP contribution in [0.1, 0.15) is 38.9 Å². The molecule has 3 aromatic carbocycles. The Hall–Kier alpha value is -3.77. The number of nitrogens with zero attached hydrogens (tertiary/aromatic N) is 1. The quantitative estimate of drug-likeness (QED) is 0.354. The second kappa shape index (κ2) is 9.12. The standard InChI is InChI=1S/C28H24ClNO5/c1-16-14-23-21(15-22(16)29)26(31)24-25(18-6-10-20(34-3)11-7-18)30(28(32)27(24)35-23)13-12-17-4-8-19(33-2)9-5-17/h4-11,14-15,25H,12-13H2,1-3H3/t25-/m1/s1. The zero-order valence-electron chi connectivity index (χ0n) is 19.6. The van der Waals surface area contributed by atoms with Gasteiger partial charge in [-0.3, -0.25) is 9.59 Å². The molecule has 0 fully saturated rings. The summed E-state index contributed by atoms with van der Waals surface area (Å²) in [6, 6.07) is 17.8. The Morgan fingerprint density at radius 2 is 1.57 bits per heavy atom. The van der Waals surface area contributed by atoms with E-state index in [0.717, 1.165) is 22.4 Å². The van der Waals surface area contributed by atoms with Gasteiger partial charge in [0, 0.05) is 11.6 Å². The van der Waals surface area contributed by atoms with Gasteiger partial charge in [0.25, 0.3) is 5.91 Å². The maximum Gasteiger partial charge on any atom is 0.290 e. The molecule has 1 aliphatic heterocycles. The molecule has 4 aromatic rings. The van der Waals surface area contributed by atoms with Gasteiger partial charge in [0.15, 0.2) is 5.43 Å². The van der Waals surface area contributed by atoms with Crippen molar-refractivity contribution in [2.75, 3.05) is 20.8 Å². The summed E-state index contributed by atoms with van der Waals surface area (Å²) in [5.41, 5.74) is 3.07. The van der Waals surface area contributed by atoms with E-state index in [0.29, 0.717) is 40.3 Å². The molecule has 0 bridgehead atoms. The summed E-state index contributed by atoms with van der Waals surface area (Å²) in [7, 11) is 3.22. The largest absolute Gasteiger partial charge is 0.497 e. The van der Waals surface area contributed by atoms with Crippen LogP contribution in [0.3, 0.4) is 0 Å². The average molecular weight is 490 g/mol.